The predicted octanol–water partition coefficient (Wildman–Crippen LogP) is 1.71. The van der Waals surface area contributed by atoms with Crippen LogP contribution in [0.3, 0.4) is 0 Å². The highest BCUT2D eigenvalue weighted by atomic mass is 16.7. The highest BCUT2D eigenvalue weighted by Gasteiger charge is 2.49. The second-order valence-corrected chi connectivity index (χ2v) is 8.84. The molecule has 1 aliphatic rings. The number of esters is 1. The zero-order valence-electron chi connectivity index (χ0n) is 21.5. The molecule has 39 heavy (non-hydrogen) atoms. The Labute approximate surface area is 222 Å². The lowest BCUT2D eigenvalue weighted by Gasteiger charge is -2.39. The van der Waals surface area contributed by atoms with Gasteiger partial charge in [-0.3, -0.25) is 4.79 Å². The molecule has 12 nitrogen and oxygen atoms in total. The first-order valence-electron chi connectivity index (χ1n) is 12.3. The van der Waals surface area contributed by atoms with Crippen LogP contribution in [0.15, 0.2) is 45.6 Å². The highest BCUT2D eigenvalue weighted by molar-refractivity contribution is 5.92. The van der Waals surface area contributed by atoms with Gasteiger partial charge >= 0.3 is 5.97 Å². The zero-order valence-corrected chi connectivity index (χ0v) is 21.5. The van der Waals surface area contributed by atoms with Crippen LogP contribution in [0.4, 0.5) is 0 Å². The molecule has 12 heteroatoms. The number of ether oxygens (including phenoxy) is 5. The van der Waals surface area contributed by atoms with Crippen molar-refractivity contribution in [3.8, 4) is 34.3 Å². The topological polar surface area (TPSA) is 174 Å². The smallest absolute Gasteiger partial charge is 0.338 e. The van der Waals surface area contributed by atoms with Crippen molar-refractivity contribution in [3.63, 3.8) is 0 Å². The number of aromatic hydroxyl groups is 1. The van der Waals surface area contributed by atoms with Crippen molar-refractivity contribution in [2.24, 2.45) is 0 Å². The van der Waals surface area contributed by atoms with Crippen LogP contribution in [0, 0.1) is 0 Å². The maximum atomic E-state index is 13.0. The van der Waals surface area contributed by atoms with Crippen molar-refractivity contribution in [2.75, 3.05) is 20.8 Å². The molecule has 1 aromatic heterocycles. The van der Waals surface area contributed by atoms with E-state index in [1.165, 1.54) is 20.3 Å². The van der Waals surface area contributed by atoms with Gasteiger partial charge in [0, 0.05) is 12.1 Å². The van der Waals surface area contributed by atoms with Crippen molar-refractivity contribution in [1.29, 1.82) is 0 Å². The van der Waals surface area contributed by atoms with E-state index in [0.717, 1.165) is 12.5 Å². The average Bonchev–Trinajstić information content (AvgIpc) is 2.93. The third-order valence-corrected chi connectivity index (χ3v) is 6.27. The van der Waals surface area contributed by atoms with Gasteiger partial charge in [0.15, 0.2) is 22.9 Å². The van der Waals surface area contributed by atoms with Gasteiger partial charge in [-0.2, -0.15) is 0 Å². The minimum atomic E-state index is -1.83. The Morgan fingerprint density at radius 2 is 1.74 bits per heavy atom. The Balaban J connectivity index is 1.74. The summed E-state index contributed by atoms with van der Waals surface area (Å²) in [4.78, 5) is 25.5. The molecule has 0 radical (unpaired) electrons. The zero-order chi connectivity index (χ0) is 28.3. The normalized spacial score (nSPS) is 22.9. The van der Waals surface area contributed by atoms with Crippen LogP contribution < -0.4 is 19.6 Å². The van der Waals surface area contributed by atoms with Crippen molar-refractivity contribution in [3.05, 3.63) is 46.6 Å². The minimum absolute atomic E-state index is 0.0754. The van der Waals surface area contributed by atoms with Crippen LogP contribution in [0.1, 0.15) is 19.8 Å². The summed E-state index contributed by atoms with van der Waals surface area (Å²) in [6, 6.07) is 9.06. The first-order chi connectivity index (χ1) is 18.7. The number of phenolic OH excluding ortho intramolecular Hbond substituents is 1. The maximum Gasteiger partial charge on any atom is 0.338 e. The summed E-state index contributed by atoms with van der Waals surface area (Å²) in [5.41, 5.74) is -0.302. The Kier molecular flexibility index (Phi) is 8.60. The van der Waals surface area contributed by atoms with Gasteiger partial charge in [-0.05, 0) is 18.6 Å². The lowest BCUT2D eigenvalue weighted by atomic mass is 9.99. The molecule has 0 saturated carbocycles. The number of para-hydroxylation sites is 1. The van der Waals surface area contributed by atoms with E-state index >= 15 is 0 Å². The molecule has 3 aromatic rings. The monoisotopic (exact) mass is 546 g/mol. The van der Waals surface area contributed by atoms with E-state index in [1.807, 2.05) is 6.92 Å². The summed E-state index contributed by atoms with van der Waals surface area (Å²) in [6.07, 6.45) is -7.47. The van der Waals surface area contributed by atoms with E-state index < -0.39 is 47.9 Å². The van der Waals surface area contributed by atoms with Crippen molar-refractivity contribution in [2.45, 2.75) is 50.5 Å². The number of hydrogen-bond donors (Lipinski definition) is 4. The summed E-state index contributed by atoms with van der Waals surface area (Å²) < 4.78 is 33.0. The number of fused-ring (bicyclic) bond motifs is 1. The third kappa shape index (κ3) is 5.50. The van der Waals surface area contributed by atoms with Crippen molar-refractivity contribution in [1.82, 2.24) is 0 Å². The molecule has 0 unspecified atom stereocenters. The Hall–Kier alpha value is -3.84. The van der Waals surface area contributed by atoms with E-state index in [1.54, 1.807) is 24.3 Å². The van der Waals surface area contributed by atoms with Gasteiger partial charge in [-0.1, -0.05) is 25.5 Å². The minimum Gasteiger partial charge on any atom is -0.507 e. The number of methoxy groups -OCH3 is 2. The number of carbonyl (C=O) groups excluding carboxylic acids is 1. The van der Waals surface area contributed by atoms with E-state index in [0.29, 0.717) is 17.7 Å². The number of aliphatic hydroxyl groups is 3. The Bertz CT molecular complexity index is 1380. The molecular formula is C27H30O12. The summed E-state index contributed by atoms with van der Waals surface area (Å²) in [5.74, 6) is -1.32. The molecular weight excluding hydrogens is 516 g/mol. The van der Waals surface area contributed by atoms with Gasteiger partial charge in [-0.25, -0.2) is 4.79 Å². The number of rotatable bonds is 9. The molecule has 2 aromatic carbocycles. The maximum absolute atomic E-state index is 13.0. The molecule has 4 rings (SSSR count). The predicted molar refractivity (Wildman–Crippen MR) is 136 cm³/mol. The lowest BCUT2D eigenvalue weighted by molar-refractivity contribution is -0.272. The molecule has 0 amide bonds. The van der Waals surface area contributed by atoms with E-state index in [2.05, 4.69) is 0 Å². The number of hydrogen-bond acceptors (Lipinski definition) is 12. The number of phenols is 1. The first kappa shape index (κ1) is 28.2. The van der Waals surface area contributed by atoms with E-state index in [9.17, 15) is 30.0 Å². The number of aliphatic hydroxyl groups excluding tert-OH is 3. The molecule has 2 heterocycles. The first-order valence-corrected chi connectivity index (χ1v) is 12.3. The quantitative estimate of drug-likeness (QED) is 0.226. The van der Waals surface area contributed by atoms with Gasteiger partial charge in [0.2, 0.25) is 12.0 Å². The summed E-state index contributed by atoms with van der Waals surface area (Å²) in [5, 5.41) is 41.7. The molecule has 0 aliphatic carbocycles. The van der Waals surface area contributed by atoms with Crippen LogP contribution in [0.25, 0.3) is 22.3 Å². The lowest BCUT2D eigenvalue weighted by Crippen LogP contribution is -2.61. The standard InChI is InChI=1S/C27H30O12/c1-4-5-10-36-26(33)25-21(31)20(30)22(32)27(39-25)38-18-12-15(29)19-14(28)11-17(37-24(19)23(18)35-3)13-8-6-7-9-16(13)34-2/h6-9,11-12,20-22,25,27,29-32H,4-5,10H2,1-3H3/t20-,21-,22+,25-,27+/m0/s1. The van der Waals surface area contributed by atoms with Gasteiger partial charge in [-0.15, -0.1) is 0 Å². The Morgan fingerprint density at radius 1 is 1.00 bits per heavy atom. The largest absolute Gasteiger partial charge is 0.507 e. The summed E-state index contributed by atoms with van der Waals surface area (Å²) >= 11 is 0. The highest BCUT2D eigenvalue weighted by Crippen LogP contribution is 2.43. The molecule has 0 spiro atoms. The molecule has 5 atom stereocenters. The molecule has 0 bridgehead atoms. The molecule has 1 fully saturated rings. The fourth-order valence-electron chi connectivity index (χ4n) is 4.20. The van der Waals surface area contributed by atoms with Gasteiger partial charge in [0.1, 0.15) is 41.0 Å². The third-order valence-electron chi connectivity index (χ3n) is 6.27. The Morgan fingerprint density at radius 3 is 2.44 bits per heavy atom. The summed E-state index contributed by atoms with van der Waals surface area (Å²) in [7, 11) is 2.73. The second-order valence-electron chi connectivity index (χ2n) is 8.84. The van der Waals surface area contributed by atoms with Gasteiger partial charge in [0.25, 0.3) is 0 Å². The van der Waals surface area contributed by atoms with Crippen molar-refractivity contribution < 1.29 is 53.3 Å². The molecule has 1 aliphatic heterocycles. The fraction of sp³-hybridized carbons (Fsp3) is 0.407. The summed E-state index contributed by atoms with van der Waals surface area (Å²) in [6.45, 7) is 1.98. The second kappa shape index (κ2) is 11.9. The van der Waals surface area contributed by atoms with Gasteiger partial charge in [0.05, 0.1) is 26.4 Å². The van der Waals surface area contributed by atoms with Crippen LogP contribution >= 0.6 is 0 Å². The van der Waals surface area contributed by atoms with Crippen LogP contribution in [0.5, 0.6) is 23.0 Å². The number of carbonyl (C=O) groups is 1. The van der Waals surface area contributed by atoms with Crippen LogP contribution in [-0.2, 0) is 14.3 Å². The molecule has 210 valence electrons. The number of unbranched alkanes of at least 4 members (excludes halogenated alkanes) is 1. The van der Waals surface area contributed by atoms with Crippen molar-refractivity contribution >= 4 is 16.9 Å². The molecule has 4 N–H and O–H groups in total. The fourth-order valence-corrected chi connectivity index (χ4v) is 4.20. The van der Waals surface area contributed by atoms with Crippen LogP contribution in [0.2, 0.25) is 0 Å². The SMILES string of the molecule is CCCCOC(=O)[C@H]1O[C@@H](Oc2cc(O)c3c(=O)cc(-c4ccccc4OC)oc3c2OC)[C@H](O)[C@@H](O)[C@@H]1O. The molecule has 1 saturated heterocycles. The van der Waals surface area contributed by atoms with E-state index in [4.69, 9.17) is 28.1 Å². The van der Waals surface area contributed by atoms with Crippen LogP contribution in [-0.4, -0.2) is 77.9 Å². The number of benzene rings is 2. The van der Waals surface area contributed by atoms with E-state index in [-0.39, 0.29) is 34.8 Å². The average molecular weight is 547 g/mol. The van der Waals surface area contributed by atoms with Gasteiger partial charge < -0.3 is 48.5 Å².